The van der Waals surface area contributed by atoms with Crippen molar-refractivity contribution in [2.45, 2.75) is 6.61 Å². The zero-order valence-electron chi connectivity index (χ0n) is 13.6. The molecule has 0 saturated carbocycles. The van der Waals surface area contributed by atoms with Crippen molar-refractivity contribution in [2.75, 3.05) is 0 Å². The van der Waals surface area contributed by atoms with E-state index in [0.717, 1.165) is 11.1 Å². The summed E-state index contributed by atoms with van der Waals surface area (Å²) in [5, 5.41) is 9.51. The van der Waals surface area contributed by atoms with Gasteiger partial charge in [-0.15, -0.1) is 0 Å². The van der Waals surface area contributed by atoms with Gasteiger partial charge in [-0.1, -0.05) is 72.8 Å². The second-order valence-corrected chi connectivity index (χ2v) is 5.58. The lowest BCUT2D eigenvalue weighted by Crippen LogP contribution is -1.99. The second-order valence-electron chi connectivity index (χ2n) is 5.58. The number of carboxylic acid groups (broad SMARTS) is 1. The molecule has 0 radical (unpaired) electrons. The van der Waals surface area contributed by atoms with Crippen molar-refractivity contribution in [2.24, 2.45) is 0 Å². The van der Waals surface area contributed by atoms with E-state index in [1.807, 2.05) is 72.8 Å². The molecule has 0 heterocycles. The van der Waals surface area contributed by atoms with Gasteiger partial charge in [0.1, 0.15) is 12.4 Å². The van der Waals surface area contributed by atoms with Crippen LogP contribution in [0.2, 0.25) is 0 Å². The summed E-state index contributed by atoms with van der Waals surface area (Å²) in [5.41, 5.74) is 2.79. The van der Waals surface area contributed by atoms with Gasteiger partial charge in [0.15, 0.2) is 0 Å². The Kier molecular flexibility index (Phi) is 5.27. The van der Waals surface area contributed by atoms with Gasteiger partial charge in [-0.05, 0) is 34.9 Å². The van der Waals surface area contributed by atoms with E-state index in [1.165, 1.54) is 0 Å². The Morgan fingerprint density at radius 1 is 0.880 bits per heavy atom. The van der Waals surface area contributed by atoms with Crippen molar-refractivity contribution in [1.82, 2.24) is 0 Å². The summed E-state index contributed by atoms with van der Waals surface area (Å²) in [6, 6.07) is 26.4. The predicted octanol–water partition coefficient (Wildman–Crippen LogP) is 4.89. The number of carbonyl (C=O) groups is 1. The van der Waals surface area contributed by atoms with Gasteiger partial charge in [0.25, 0.3) is 0 Å². The standard InChI is InChI=1S/C22H18O3/c23-22(24)21(19-11-5-2-6-12-19)15-18-10-7-13-20(14-18)25-16-17-8-3-1-4-9-17/h1-15H,16H2,(H,23,24)/b21-15-. The van der Waals surface area contributed by atoms with Crippen molar-refractivity contribution in [3.05, 3.63) is 102 Å². The summed E-state index contributed by atoms with van der Waals surface area (Å²) in [4.78, 5) is 11.6. The van der Waals surface area contributed by atoms with Gasteiger partial charge in [0, 0.05) is 0 Å². The molecule has 3 nitrogen and oxygen atoms in total. The van der Waals surface area contributed by atoms with Gasteiger partial charge >= 0.3 is 5.97 Å². The summed E-state index contributed by atoms with van der Waals surface area (Å²) in [6.07, 6.45) is 1.66. The average molecular weight is 330 g/mol. The number of aliphatic carboxylic acids is 1. The fourth-order valence-electron chi connectivity index (χ4n) is 2.49. The smallest absolute Gasteiger partial charge is 0.336 e. The summed E-state index contributed by atoms with van der Waals surface area (Å²) in [7, 11) is 0. The SMILES string of the molecule is O=C(O)/C(=C\c1cccc(OCc2ccccc2)c1)c1ccccc1. The number of hydrogen-bond donors (Lipinski definition) is 1. The van der Waals surface area contributed by atoms with Gasteiger partial charge in [-0.25, -0.2) is 4.79 Å². The Morgan fingerprint density at radius 2 is 1.56 bits per heavy atom. The number of rotatable bonds is 6. The molecular weight excluding hydrogens is 312 g/mol. The molecular formula is C22H18O3. The lowest BCUT2D eigenvalue weighted by molar-refractivity contribution is -0.130. The topological polar surface area (TPSA) is 46.5 Å². The van der Waals surface area contributed by atoms with Crippen LogP contribution >= 0.6 is 0 Å². The molecule has 1 N–H and O–H groups in total. The maximum Gasteiger partial charge on any atom is 0.336 e. The molecule has 0 unspecified atom stereocenters. The van der Waals surface area contributed by atoms with Gasteiger partial charge in [0.2, 0.25) is 0 Å². The Labute approximate surface area is 146 Å². The third-order valence-corrected chi connectivity index (χ3v) is 3.73. The maximum absolute atomic E-state index is 11.6. The van der Waals surface area contributed by atoms with E-state index in [4.69, 9.17) is 4.74 Å². The van der Waals surface area contributed by atoms with Crippen LogP contribution in [0.15, 0.2) is 84.9 Å². The molecule has 124 valence electrons. The van der Waals surface area contributed by atoms with Crippen LogP contribution in [-0.4, -0.2) is 11.1 Å². The molecule has 3 heteroatoms. The minimum absolute atomic E-state index is 0.251. The lowest BCUT2D eigenvalue weighted by Gasteiger charge is -2.08. The lowest BCUT2D eigenvalue weighted by atomic mass is 10.0. The van der Waals surface area contributed by atoms with Crippen LogP contribution in [0, 0.1) is 0 Å². The first-order valence-corrected chi connectivity index (χ1v) is 7.99. The highest BCUT2D eigenvalue weighted by atomic mass is 16.5. The quantitative estimate of drug-likeness (QED) is 0.517. The Hall–Kier alpha value is -3.33. The Balaban J connectivity index is 1.81. The minimum Gasteiger partial charge on any atom is -0.489 e. The van der Waals surface area contributed by atoms with Crippen molar-refractivity contribution >= 4 is 17.6 Å². The van der Waals surface area contributed by atoms with E-state index in [-0.39, 0.29) is 5.57 Å². The van der Waals surface area contributed by atoms with Gasteiger partial charge < -0.3 is 9.84 Å². The first-order valence-electron chi connectivity index (χ1n) is 7.99. The number of ether oxygens (including phenoxy) is 1. The van der Waals surface area contributed by atoms with Crippen molar-refractivity contribution in [3.8, 4) is 5.75 Å². The Morgan fingerprint density at radius 3 is 2.24 bits per heavy atom. The highest BCUT2D eigenvalue weighted by molar-refractivity contribution is 6.20. The molecule has 0 aromatic heterocycles. The summed E-state index contributed by atoms with van der Waals surface area (Å²) in [5.74, 6) is -0.253. The molecule has 25 heavy (non-hydrogen) atoms. The third-order valence-electron chi connectivity index (χ3n) is 3.73. The molecule has 0 amide bonds. The van der Waals surface area contributed by atoms with Crippen LogP contribution in [-0.2, 0) is 11.4 Å². The zero-order chi connectivity index (χ0) is 17.5. The van der Waals surface area contributed by atoms with Crippen LogP contribution in [0.5, 0.6) is 5.75 Å². The largest absolute Gasteiger partial charge is 0.489 e. The molecule has 0 aliphatic heterocycles. The molecule has 0 atom stereocenters. The first-order chi connectivity index (χ1) is 12.2. The zero-order valence-corrected chi connectivity index (χ0v) is 13.6. The van der Waals surface area contributed by atoms with E-state index >= 15 is 0 Å². The van der Waals surface area contributed by atoms with Crippen molar-refractivity contribution in [3.63, 3.8) is 0 Å². The van der Waals surface area contributed by atoms with Crippen molar-refractivity contribution in [1.29, 1.82) is 0 Å². The van der Waals surface area contributed by atoms with Crippen LogP contribution in [0.1, 0.15) is 16.7 Å². The van der Waals surface area contributed by atoms with Crippen molar-refractivity contribution < 1.29 is 14.6 Å². The maximum atomic E-state index is 11.6. The number of carboxylic acids is 1. The first kappa shape index (κ1) is 16.5. The predicted molar refractivity (Wildman–Crippen MR) is 99.2 cm³/mol. The number of hydrogen-bond acceptors (Lipinski definition) is 2. The molecule has 0 fully saturated rings. The van der Waals surface area contributed by atoms with Gasteiger partial charge in [-0.2, -0.15) is 0 Å². The monoisotopic (exact) mass is 330 g/mol. The summed E-state index contributed by atoms with van der Waals surface area (Å²) >= 11 is 0. The molecule has 3 rings (SSSR count). The minimum atomic E-state index is -0.957. The van der Waals surface area contributed by atoms with Crippen LogP contribution in [0.3, 0.4) is 0 Å². The van der Waals surface area contributed by atoms with E-state index < -0.39 is 5.97 Å². The fraction of sp³-hybridized carbons (Fsp3) is 0.0455. The van der Waals surface area contributed by atoms with Gasteiger partial charge in [0.05, 0.1) is 5.57 Å². The van der Waals surface area contributed by atoms with E-state index in [1.54, 1.807) is 18.2 Å². The average Bonchev–Trinajstić information content (AvgIpc) is 2.66. The molecule has 0 aliphatic carbocycles. The molecule has 3 aromatic rings. The second kappa shape index (κ2) is 7.97. The molecule has 0 saturated heterocycles. The highest BCUT2D eigenvalue weighted by Crippen LogP contribution is 2.22. The van der Waals surface area contributed by atoms with Crippen LogP contribution in [0.25, 0.3) is 11.6 Å². The van der Waals surface area contributed by atoms with Gasteiger partial charge in [-0.3, -0.25) is 0 Å². The molecule has 0 bridgehead atoms. The van der Waals surface area contributed by atoms with Crippen LogP contribution in [0.4, 0.5) is 0 Å². The summed E-state index contributed by atoms with van der Waals surface area (Å²) in [6.45, 7) is 0.471. The molecule has 3 aromatic carbocycles. The van der Waals surface area contributed by atoms with E-state index in [9.17, 15) is 9.90 Å². The normalized spacial score (nSPS) is 11.1. The fourth-order valence-corrected chi connectivity index (χ4v) is 2.49. The Bertz CT molecular complexity index is 868. The number of benzene rings is 3. The highest BCUT2D eigenvalue weighted by Gasteiger charge is 2.10. The summed E-state index contributed by atoms with van der Waals surface area (Å²) < 4.78 is 5.80. The molecule has 0 spiro atoms. The third kappa shape index (κ3) is 4.58. The van der Waals surface area contributed by atoms with E-state index in [0.29, 0.717) is 17.9 Å². The van der Waals surface area contributed by atoms with Crippen LogP contribution < -0.4 is 4.74 Å². The van der Waals surface area contributed by atoms with E-state index in [2.05, 4.69) is 0 Å². The molecule has 0 aliphatic rings.